The molecule has 4 nitrogen and oxygen atoms in total. The summed E-state index contributed by atoms with van der Waals surface area (Å²) in [5, 5.41) is 0. The Morgan fingerprint density at radius 1 is 1.28 bits per heavy atom. The zero-order chi connectivity index (χ0) is 17.6. The van der Waals surface area contributed by atoms with Crippen molar-refractivity contribution in [2.24, 2.45) is 0 Å². The summed E-state index contributed by atoms with van der Waals surface area (Å²) >= 11 is 3.52. The highest BCUT2D eigenvalue weighted by atomic mass is 79.9. The third kappa shape index (κ3) is 2.95. The Labute approximate surface area is 153 Å². The molecular weight excluding hydrogens is 385 g/mol. The Kier molecular flexibility index (Phi) is 4.07. The van der Waals surface area contributed by atoms with E-state index in [2.05, 4.69) is 20.9 Å². The third-order valence-corrected chi connectivity index (χ3v) is 5.26. The Morgan fingerprint density at radius 2 is 2.08 bits per heavy atom. The first-order chi connectivity index (χ1) is 12.0. The minimum atomic E-state index is -0.218. The van der Waals surface area contributed by atoms with Gasteiger partial charge in [0.1, 0.15) is 17.9 Å². The van der Waals surface area contributed by atoms with Gasteiger partial charge in [0.2, 0.25) is 5.91 Å². The van der Waals surface area contributed by atoms with Gasteiger partial charge in [0.05, 0.1) is 9.99 Å². The lowest BCUT2D eigenvalue weighted by Gasteiger charge is -2.31. The van der Waals surface area contributed by atoms with Gasteiger partial charge in [-0.3, -0.25) is 9.78 Å². The zero-order valence-corrected chi connectivity index (χ0v) is 15.4. The van der Waals surface area contributed by atoms with E-state index >= 15 is 0 Å². The second kappa shape index (κ2) is 6.26. The van der Waals surface area contributed by atoms with Crippen LogP contribution in [-0.4, -0.2) is 33.4 Å². The number of likely N-dealkylation sites (tertiary alicyclic amines) is 1. The molecule has 0 radical (unpaired) electrons. The van der Waals surface area contributed by atoms with E-state index in [1.54, 1.807) is 19.2 Å². The van der Waals surface area contributed by atoms with Crippen LogP contribution in [0.5, 0.6) is 0 Å². The molecule has 25 heavy (non-hydrogen) atoms. The lowest BCUT2D eigenvalue weighted by molar-refractivity contribution is -0.135. The van der Waals surface area contributed by atoms with E-state index in [1.807, 2.05) is 27.8 Å². The van der Waals surface area contributed by atoms with Crippen molar-refractivity contribution in [1.29, 1.82) is 0 Å². The molecule has 1 amide bonds. The molecule has 0 saturated carbocycles. The summed E-state index contributed by atoms with van der Waals surface area (Å²) in [5.74, 6) is -0.0947. The first kappa shape index (κ1) is 16.3. The van der Waals surface area contributed by atoms with Crippen LogP contribution < -0.4 is 0 Å². The van der Waals surface area contributed by atoms with Crippen molar-refractivity contribution in [2.45, 2.75) is 19.9 Å². The second-order valence-electron chi connectivity index (χ2n) is 6.39. The molecule has 0 unspecified atom stereocenters. The number of rotatable bonds is 3. The molecule has 1 aliphatic rings. The lowest BCUT2D eigenvalue weighted by Crippen LogP contribution is -2.43. The molecule has 3 aromatic rings. The van der Waals surface area contributed by atoms with Crippen LogP contribution in [0, 0.1) is 12.7 Å². The van der Waals surface area contributed by atoms with Crippen molar-refractivity contribution in [2.75, 3.05) is 13.1 Å². The molecular formula is C19H17BrFN3O. The smallest absolute Gasteiger partial charge is 0.242 e. The van der Waals surface area contributed by atoms with Crippen molar-refractivity contribution in [1.82, 2.24) is 14.5 Å². The Morgan fingerprint density at radius 3 is 2.76 bits per heavy atom. The fourth-order valence-corrected chi connectivity index (χ4v) is 3.60. The van der Waals surface area contributed by atoms with Gasteiger partial charge >= 0.3 is 0 Å². The van der Waals surface area contributed by atoms with Crippen LogP contribution in [0.3, 0.4) is 0 Å². The van der Waals surface area contributed by atoms with Crippen molar-refractivity contribution >= 4 is 32.9 Å². The quantitative estimate of drug-likeness (QED) is 0.661. The van der Waals surface area contributed by atoms with Gasteiger partial charge in [-0.15, -0.1) is 0 Å². The highest BCUT2D eigenvalue weighted by Gasteiger charge is 2.21. The molecule has 0 aliphatic carbocycles. The molecule has 0 spiro atoms. The minimum absolute atomic E-state index is 0.124. The van der Waals surface area contributed by atoms with Gasteiger partial charge in [-0.05, 0) is 58.6 Å². The monoisotopic (exact) mass is 401 g/mol. The molecule has 2 aromatic heterocycles. The molecule has 1 aromatic carbocycles. The minimum Gasteiger partial charge on any atom is -0.341 e. The largest absolute Gasteiger partial charge is 0.341 e. The summed E-state index contributed by atoms with van der Waals surface area (Å²) in [5.41, 5.74) is 4.12. The van der Waals surface area contributed by atoms with Gasteiger partial charge in [0.15, 0.2) is 0 Å². The molecule has 0 atom stereocenters. The number of aryl methyl sites for hydroxylation is 1. The first-order valence-corrected chi connectivity index (χ1v) is 9.01. The fraction of sp³-hybridized carbons (Fsp3) is 0.263. The molecule has 128 valence electrons. The van der Waals surface area contributed by atoms with Gasteiger partial charge < -0.3 is 9.47 Å². The van der Waals surface area contributed by atoms with Gasteiger partial charge in [-0.1, -0.05) is 6.07 Å². The average molecular weight is 402 g/mol. The molecule has 0 N–H and O–H groups in total. The molecule has 4 rings (SSSR count). The number of pyridine rings is 1. The van der Waals surface area contributed by atoms with Gasteiger partial charge in [0, 0.05) is 31.0 Å². The molecule has 3 heterocycles. The normalized spacial score (nSPS) is 14.0. The number of carbonyl (C=O) groups is 1. The number of benzene rings is 1. The van der Waals surface area contributed by atoms with Gasteiger partial charge in [0.25, 0.3) is 0 Å². The van der Waals surface area contributed by atoms with Crippen molar-refractivity contribution in [3.63, 3.8) is 0 Å². The Hall–Kier alpha value is -2.21. The maximum Gasteiger partial charge on any atom is 0.242 e. The molecule has 1 fully saturated rings. The maximum absolute atomic E-state index is 13.5. The fourth-order valence-electron chi connectivity index (χ4n) is 3.05. The van der Waals surface area contributed by atoms with E-state index in [1.165, 1.54) is 6.07 Å². The lowest BCUT2D eigenvalue weighted by atomic mass is 10.0. The summed E-state index contributed by atoms with van der Waals surface area (Å²) < 4.78 is 16.3. The summed E-state index contributed by atoms with van der Waals surface area (Å²) in [7, 11) is 0. The maximum atomic E-state index is 13.5. The number of carbonyl (C=O) groups excluding carboxylic acids is 1. The predicted molar refractivity (Wildman–Crippen MR) is 98.8 cm³/mol. The molecule has 1 saturated heterocycles. The van der Waals surface area contributed by atoms with Gasteiger partial charge in [-0.25, -0.2) is 4.39 Å². The SMILES string of the molecule is Cc1cc(-c2cnc3c(Br)cn(CC(=O)N4CCC4)c3c2)ccc1F. The Bertz CT molecular complexity index is 978. The molecule has 1 aliphatic heterocycles. The zero-order valence-electron chi connectivity index (χ0n) is 13.8. The van der Waals surface area contributed by atoms with E-state index in [0.717, 1.165) is 46.1 Å². The molecule has 0 bridgehead atoms. The van der Waals surface area contributed by atoms with Crippen molar-refractivity contribution < 1.29 is 9.18 Å². The van der Waals surface area contributed by atoms with Crippen molar-refractivity contribution in [3.8, 4) is 11.1 Å². The van der Waals surface area contributed by atoms with E-state index in [4.69, 9.17) is 0 Å². The van der Waals surface area contributed by atoms with Gasteiger partial charge in [-0.2, -0.15) is 0 Å². The number of nitrogens with zero attached hydrogens (tertiary/aromatic N) is 3. The van der Waals surface area contributed by atoms with Crippen LogP contribution in [0.4, 0.5) is 4.39 Å². The van der Waals surface area contributed by atoms with E-state index < -0.39 is 0 Å². The molecule has 6 heteroatoms. The summed E-state index contributed by atoms with van der Waals surface area (Å²) in [6, 6.07) is 7.03. The Balaban J connectivity index is 1.74. The van der Waals surface area contributed by atoms with Crippen LogP contribution in [0.1, 0.15) is 12.0 Å². The topological polar surface area (TPSA) is 38.1 Å². The van der Waals surface area contributed by atoms with Crippen LogP contribution >= 0.6 is 15.9 Å². The van der Waals surface area contributed by atoms with E-state index in [0.29, 0.717) is 12.1 Å². The van der Waals surface area contributed by atoms with Crippen molar-refractivity contribution in [3.05, 3.63) is 52.5 Å². The number of hydrogen-bond donors (Lipinski definition) is 0. The number of fused-ring (bicyclic) bond motifs is 1. The average Bonchev–Trinajstić information content (AvgIpc) is 2.84. The van der Waals surface area contributed by atoms with E-state index in [9.17, 15) is 9.18 Å². The second-order valence-corrected chi connectivity index (χ2v) is 7.25. The highest BCUT2D eigenvalue weighted by molar-refractivity contribution is 9.10. The summed E-state index contributed by atoms with van der Waals surface area (Å²) in [4.78, 5) is 18.7. The van der Waals surface area contributed by atoms with Crippen LogP contribution in [0.25, 0.3) is 22.2 Å². The number of hydrogen-bond acceptors (Lipinski definition) is 2. The predicted octanol–water partition coefficient (Wildman–Crippen LogP) is 4.15. The first-order valence-electron chi connectivity index (χ1n) is 8.21. The number of halogens is 2. The van der Waals surface area contributed by atoms with E-state index in [-0.39, 0.29) is 11.7 Å². The summed E-state index contributed by atoms with van der Waals surface area (Å²) in [6.07, 6.45) is 4.76. The number of aromatic nitrogens is 2. The van der Waals surface area contributed by atoms with Crippen LogP contribution in [0.15, 0.2) is 41.1 Å². The number of amides is 1. The summed E-state index contributed by atoms with van der Waals surface area (Å²) in [6.45, 7) is 3.74. The van der Waals surface area contributed by atoms with Crippen LogP contribution in [-0.2, 0) is 11.3 Å². The van der Waals surface area contributed by atoms with Crippen LogP contribution in [0.2, 0.25) is 0 Å². The highest BCUT2D eigenvalue weighted by Crippen LogP contribution is 2.29. The standard InChI is InChI=1S/C19H17BrFN3O/c1-12-7-13(3-4-16(12)21)14-8-17-19(22-9-14)15(20)10-24(17)11-18(25)23-5-2-6-23/h3-4,7-10H,2,5-6,11H2,1H3. The third-order valence-electron chi connectivity index (χ3n) is 4.68.